The zero-order chi connectivity index (χ0) is 22.7. The van der Waals surface area contributed by atoms with E-state index < -0.39 is 0 Å². The number of nitriles is 1. The van der Waals surface area contributed by atoms with Gasteiger partial charge in [-0.15, -0.1) is 0 Å². The van der Waals surface area contributed by atoms with Gasteiger partial charge in [0.25, 0.3) is 0 Å². The first-order valence-corrected chi connectivity index (χ1v) is 10.6. The molecular weight excluding hydrogens is 403 g/mol. The lowest BCUT2D eigenvalue weighted by Crippen LogP contribution is -2.37. The Balaban J connectivity index is 1.65. The maximum atomic E-state index is 8.88. The third kappa shape index (κ3) is 5.24. The van der Waals surface area contributed by atoms with E-state index in [1.807, 2.05) is 53.9 Å². The van der Waals surface area contributed by atoms with Crippen molar-refractivity contribution in [2.45, 2.75) is 36.7 Å². The second kappa shape index (κ2) is 8.97. The van der Waals surface area contributed by atoms with Crippen molar-refractivity contribution in [2.24, 2.45) is 5.73 Å². The van der Waals surface area contributed by atoms with Gasteiger partial charge in [-0.3, -0.25) is 5.10 Å². The lowest BCUT2D eigenvalue weighted by atomic mass is 9.52. The Morgan fingerprint density at radius 1 is 1.16 bits per heavy atom. The summed E-state index contributed by atoms with van der Waals surface area (Å²) in [5.41, 5.74) is 7.87. The van der Waals surface area contributed by atoms with E-state index in [4.69, 9.17) is 20.5 Å². The van der Waals surface area contributed by atoms with Gasteiger partial charge >= 0.3 is 0 Å². The molecule has 160 valence electrons. The predicted octanol–water partition coefficient (Wildman–Crippen LogP) is -0.370. The average molecular weight is 427 g/mol. The molecule has 0 aliphatic heterocycles. The maximum absolute atomic E-state index is 8.88. The van der Waals surface area contributed by atoms with E-state index in [0.29, 0.717) is 17.4 Å². The minimum atomic E-state index is -0.387. The lowest BCUT2D eigenvalue weighted by Gasteiger charge is -2.25. The fourth-order valence-corrected chi connectivity index (χ4v) is 3.64. The zero-order valence-electron chi connectivity index (χ0n) is 18.4. The monoisotopic (exact) mass is 427 g/mol. The topological polar surface area (TPSA) is 135 Å². The third-order valence-corrected chi connectivity index (χ3v) is 4.99. The molecule has 0 amide bonds. The summed E-state index contributed by atoms with van der Waals surface area (Å²) in [5.74, 6) is 2.46. The molecule has 2 aromatic heterocycles. The summed E-state index contributed by atoms with van der Waals surface area (Å²) in [5, 5.41) is 19.0. The number of aromatic nitrogens is 4. The fourth-order valence-electron chi connectivity index (χ4n) is 3.64. The Morgan fingerprint density at radius 3 is 2.62 bits per heavy atom. The summed E-state index contributed by atoms with van der Waals surface area (Å²) in [6.07, 6.45) is 5.68. The lowest BCUT2D eigenvalue weighted by molar-refractivity contribution is 0.208. The van der Waals surface area contributed by atoms with Crippen molar-refractivity contribution in [2.75, 3.05) is 5.32 Å². The summed E-state index contributed by atoms with van der Waals surface area (Å²) in [7, 11) is 6.01. The molecule has 0 saturated heterocycles. The van der Waals surface area contributed by atoms with Crippen molar-refractivity contribution in [1.82, 2.24) is 20.2 Å². The van der Waals surface area contributed by atoms with Crippen LogP contribution in [0.2, 0.25) is 0 Å². The number of benzene rings is 1. The Bertz CT molecular complexity index is 1130. The molecule has 0 spiro atoms. The van der Waals surface area contributed by atoms with Crippen LogP contribution < -0.4 is 20.5 Å². The number of hydrogen-bond donors (Lipinski definition) is 3. The molecule has 1 saturated carbocycles. The molecule has 32 heavy (non-hydrogen) atoms. The summed E-state index contributed by atoms with van der Waals surface area (Å²) in [6.45, 7) is 0. The highest BCUT2D eigenvalue weighted by molar-refractivity contribution is 6.58. The highest BCUT2D eigenvalue weighted by Crippen LogP contribution is 2.40. The maximum Gasteiger partial charge on any atom is 0.158 e. The van der Waals surface area contributed by atoms with Gasteiger partial charge in [-0.1, -0.05) is 6.07 Å². The predicted molar refractivity (Wildman–Crippen MR) is 129 cm³/mol. The average Bonchev–Trinajstić information content (AvgIpc) is 3.36. The first kappa shape index (κ1) is 21.8. The molecule has 0 unspecified atom stereocenters. The van der Waals surface area contributed by atoms with Gasteiger partial charge in [0.15, 0.2) is 11.5 Å². The Morgan fingerprint density at radius 2 is 1.97 bits per heavy atom. The van der Waals surface area contributed by atoms with E-state index in [1.54, 1.807) is 0 Å². The van der Waals surface area contributed by atoms with Crippen LogP contribution in [0.15, 0.2) is 36.7 Å². The molecule has 2 atom stereocenters. The minimum absolute atomic E-state index is 0.0723. The van der Waals surface area contributed by atoms with Gasteiger partial charge in [0, 0.05) is 17.4 Å². The minimum Gasteiger partial charge on any atom is -0.513 e. The first-order valence-electron chi connectivity index (χ1n) is 10.6. The van der Waals surface area contributed by atoms with Crippen LogP contribution in [0.25, 0.3) is 11.3 Å². The van der Waals surface area contributed by atoms with Gasteiger partial charge in [-0.25, -0.2) is 9.97 Å². The van der Waals surface area contributed by atoms with E-state index in [0.717, 1.165) is 36.3 Å². The van der Waals surface area contributed by atoms with Crippen molar-refractivity contribution in [1.29, 1.82) is 5.26 Å². The highest BCUT2D eigenvalue weighted by Gasteiger charge is 2.26. The van der Waals surface area contributed by atoms with E-state index in [-0.39, 0.29) is 23.1 Å². The number of nitrogens with two attached hydrogens (primary N) is 1. The summed E-state index contributed by atoms with van der Waals surface area (Å²) < 4.78 is 12.6. The normalized spacial score (nSPS) is 18.1. The van der Waals surface area contributed by atoms with E-state index >= 15 is 0 Å². The molecule has 9 nitrogen and oxygen atoms in total. The Hall–Kier alpha value is -3.45. The molecule has 1 fully saturated rings. The molecule has 0 bridgehead atoms. The van der Waals surface area contributed by atoms with Crippen LogP contribution >= 0.6 is 0 Å². The van der Waals surface area contributed by atoms with Crippen molar-refractivity contribution >= 4 is 35.2 Å². The quantitative estimate of drug-likeness (QED) is 0.435. The number of nitrogens with zero attached hydrogens (tertiary/aromatic N) is 4. The second-order valence-electron chi connectivity index (χ2n) is 8.85. The molecule has 2 heterocycles. The van der Waals surface area contributed by atoms with Crippen molar-refractivity contribution in [3.8, 4) is 28.8 Å². The number of hydrogen-bond acceptors (Lipinski definition) is 8. The molecule has 12 heteroatoms. The number of anilines is 2. The largest absolute Gasteiger partial charge is 0.513 e. The SMILES string of the molecule is BC(B)(B)Oc1cccc(O[C@@H]2CC[C@H](N)C2)c1-c1cc(Nc2cnc(C#N)cn2)n[nH]1. The van der Waals surface area contributed by atoms with Gasteiger partial charge < -0.3 is 20.5 Å². The van der Waals surface area contributed by atoms with E-state index in [1.165, 1.54) is 12.4 Å². The van der Waals surface area contributed by atoms with Crippen molar-refractivity contribution < 1.29 is 9.47 Å². The van der Waals surface area contributed by atoms with E-state index in [2.05, 4.69) is 25.5 Å². The first-order chi connectivity index (χ1) is 15.3. The van der Waals surface area contributed by atoms with E-state index in [9.17, 15) is 0 Å². The summed E-state index contributed by atoms with van der Waals surface area (Å²) in [6, 6.07) is 9.77. The molecule has 1 aromatic carbocycles. The molecule has 3 aromatic rings. The Kier molecular flexibility index (Phi) is 6.10. The number of nitrogens with one attached hydrogen (secondary N) is 2. The number of ether oxygens (including phenoxy) is 2. The molecule has 4 N–H and O–H groups in total. The van der Waals surface area contributed by atoms with Crippen LogP contribution in [0, 0.1) is 11.3 Å². The zero-order valence-corrected chi connectivity index (χ0v) is 18.4. The van der Waals surface area contributed by atoms with Crippen LogP contribution in [0.3, 0.4) is 0 Å². The van der Waals surface area contributed by atoms with Crippen molar-refractivity contribution in [3.63, 3.8) is 0 Å². The standard InChI is InChI=1S/C20H24B3N7O2/c21-20(22,23)32-16-3-1-2-15(31-13-5-4-11(25)6-13)19(16)14-7-17(30-29-14)28-18-10-26-12(8-24)9-27-18/h1-3,7,9-11,13H,4-6,21-23,25H2,(H2,27,28,29,30)/t11-,13+/m0/s1. The summed E-state index contributed by atoms with van der Waals surface area (Å²) >= 11 is 0. The molecule has 1 aliphatic carbocycles. The highest BCUT2D eigenvalue weighted by atomic mass is 16.5. The van der Waals surface area contributed by atoms with Crippen LogP contribution in [0.5, 0.6) is 11.5 Å². The van der Waals surface area contributed by atoms with Crippen LogP contribution in [-0.2, 0) is 0 Å². The molecule has 1 aliphatic rings. The summed E-state index contributed by atoms with van der Waals surface area (Å²) in [4.78, 5) is 8.19. The second-order valence-corrected chi connectivity index (χ2v) is 8.85. The molecule has 4 rings (SSSR count). The third-order valence-electron chi connectivity index (χ3n) is 4.99. The molecular formula is C20H24B3N7O2. The Labute approximate surface area is 189 Å². The smallest absolute Gasteiger partial charge is 0.158 e. The van der Waals surface area contributed by atoms with Gasteiger partial charge in [0.05, 0.1) is 23.7 Å². The van der Waals surface area contributed by atoms with Gasteiger partial charge in [0.1, 0.15) is 53.0 Å². The van der Waals surface area contributed by atoms with Crippen LogP contribution in [-0.4, -0.2) is 61.1 Å². The fraction of sp³-hybridized carbons (Fsp3) is 0.300. The van der Waals surface area contributed by atoms with Gasteiger partial charge in [-0.05, 0) is 31.4 Å². The number of aromatic amines is 1. The van der Waals surface area contributed by atoms with Gasteiger partial charge in [0.2, 0.25) is 0 Å². The molecule has 0 radical (unpaired) electrons. The van der Waals surface area contributed by atoms with Crippen LogP contribution in [0.4, 0.5) is 11.6 Å². The number of rotatable bonds is 7. The van der Waals surface area contributed by atoms with Gasteiger partial charge in [-0.2, -0.15) is 10.4 Å². The number of H-pyrrole nitrogens is 1. The van der Waals surface area contributed by atoms with Crippen LogP contribution in [0.1, 0.15) is 25.0 Å². The van der Waals surface area contributed by atoms with Crippen molar-refractivity contribution in [3.05, 3.63) is 42.4 Å².